The van der Waals surface area contributed by atoms with Gasteiger partial charge in [-0.25, -0.2) is 4.79 Å². The second kappa shape index (κ2) is 11.2. The van der Waals surface area contributed by atoms with Crippen molar-refractivity contribution in [2.45, 2.75) is 26.0 Å². The summed E-state index contributed by atoms with van der Waals surface area (Å²) in [6.45, 7) is 6.17. The van der Waals surface area contributed by atoms with Gasteiger partial charge in [-0.3, -0.25) is 0 Å². The molecule has 0 radical (unpaired) electrons. The van der Waals surface area contributed by atoms with Crippen molar-refractivity contribution >= 4 is 47.7 Å². The standard InChI is InChI=1S/C27H26Cl2N6O3/c1-3-19(12-20-15(2)35(27(32)37)33-26(20)31)34-14-18(11-24(34)36)16-6-4-8-21(28)23(10-16)38-25-17(13-30)7-5-9-22(25)29/h3-7,9-10,12,18,24,36H,2,8,11,14H2,1H3,(H2,31,33)(H2,32,37)/b19-3+,20-12+. The van der Waals surface area contributed by atoms with Crippen LogP contribution in [0.15, 0.2) is 64.6 Å². The number of amides is 1. The number of para-hydroxylation sites is 1. The third kappa shape index (κ3) is 5.34. The number of likely N-dealkylation sites (tertiary alicyclic amines) is 1. The molecule has 11 heteroatoms. The number of allylic oxidation sites excluding steroid dienone is 6. The molecule has 2 heterocycles. The number of hydrogen-bond acceptors (Lipinski definition) is 7. The third-order valence-corrected chi connectivity index (χ3v) is 7.03. The number of anilines is 1. The summed E-state index contributed by atoms with van der Waals surface area (Å²) in [5, 5.41) is 25.9. The van der Waals surface area contributed by atoms with Crippen molar-refractivity contribution in [3.05, 3.63) is 85.7 Å². The van der Waals surface area contributed by atoms with Gasteiger partial charge in [0.25, 0.3) is 0 Å². The van der Waals surface area contributed by atoms with E-state index in [1.165, 1.54) is 0 Å². The van der Waals surface area contributed by atoms with Crippen molar-refractivity contribution in [1.29, 1.82) is 5.26 Å². The van der Waals surface area contributed by atoms with Crippen LogP contribution in [-0.2, 0) is 0 Å². The van der Waals surface area contributed by atoms with Gasteiger partial charge >= 0.3 is 6.03 Å². The monoisotopic (exact) mass is 552 g/mol. The van der Waals surface area contributed by atoms with E-state index >= 15 is 0 Å². The topological polar surface area (TPSA) is 143 Å². The highest BCUT2D eigenvalue weighted by atomic mass is 35.5. The van der Waals surface area contributed by atoms with Gasteiger partial charge in [0.1, 0.15) is 18.1 Å². The van der Waals surface area contributed by atoms with Crippen LogP contribution in [0.5, 0.6) is 5.75 Å². The van der Waals surface area contributed by atoms with Crippen LogP contribution < -0.4 is 26.8 Å². The maximum absolute atomic E-state index is 11.6. The highest BCUT2D eigenvalue weighted by molar-refractivity contribution is 6.32. The Morgan fingerprint density at radius 1 is 1.39 bits per heavy atom. The first-order valence-corrected chi connectivity index (χ1v) is 12.5. The molecule has 1 aromatic carbocycles. The number of aliphatic hydroxyl groups excluding tert-OH is 1. The minimum Gasteiger partial charge on any atom is -0.453 e. The zero-order valence-electron chi connectivity index (χ0n) is 20.6. The maximum Gasteiger partial charge on any atom is 0.340 e. The number of primary amides is 1. The molecule has 2 atom stereocenters. The maximum atomic E-state index is 11.6. The number of aliphatic hydroxyl groups is 1. The normalized spacial score (nSPS) is 20.4. The van der Waals surface area contributed by atoms with Crippen LogP contribution in [-0.4, -0.2) is 38.6 Å². The first kappa shape index (κ1) is 27.1. The van der Waals surface area contributed by atoms with Crippen LogP contribution >= 0.6 is 23.2 Å². The van der Waals surface area contributed by atoms with Crippen molar-refractivity contribution in [1.82, 2.24) is 14.7 Å². The number of aromatic nitrogens is 2. The van der Waals surface area contributed by atoms with E-state index in [0.717, 1.165) is 10.3 Å². The SMILES string of the molecule is C=c1/c(=C\C(=C/C)N2CC(C3=CC(Oc4c(Cl)cccc4C#N)=C(Cl)CC=C3)CC2O)c(N)nn1C(N)=O. The molecule has 2 aromatic rings. The van der Waals surface area contributed by atoms with Gasteiger partial charge in [0.2, 0.25) is 0 Å². The zero-order chi connectivity index (χ0) is 27.6. The molecule has 0 saturated carbocycles. The molecule has 1 aliphatic heterocycles. The van der Waals surface area contributed by atoms with Crippen molar-refractivity contribution in [3.8, 4) is 11.8 Å². The predicted molar refractivity (Wildman–Crippen MR) is 147 cm³/mol. The largest absolute Gasteiger partial charge is 0.453 e. The molecular formula is C27H26Cl2N6O3. The summed E-state index contributed by atoms with van der Waals surface area (Å²) in [6.07, 6.45) is 9.33. The molecule has 1 aromatic heterocycles. The molecule has 196 valence electrons. The number of nitrogens with two attached hydrogens (primary N) is 2. The Morgan fingerprint density at radius 3 is 2.82 bits per heavy atom. The van der Waals surface area contributed by atoms with Gasteiger partial charge < -0.3 is 26.2 Å². The quantitative estimate of drug-likeness (QED) is 0.516. The molecule has 1 saturated heterocycles. The predicted octanol–water partition coefficient (Wildman–Crippen LogP) is 3.07. The molecule has 4 rings (SSSR count). The summed E-state index contributed by atoms with van der Waals surface area (Å²) in [6, 6.07) is 6.23. The van der Waals surface area contributed by atoms with Gasteiger partial charge in [-0.2, -0.15) is 9.94 Å². The summed E-state index contributed by atoms with van der Waals surface area (Å²) < 4.78 is 6.99. The third-order valence-electron chi connectivity index (χ3n) is 6.39. The lowest BCUT2D eigenvalue weighted by Gasteiger charge is -2.23. The second-order valence-electron chi connectivity index (χ2n) is 8.77. The first-order chi connectivity index (χ1) is 18.1. The van der Waals surface area contributed by atoms with Crippen LogP contribution in [0.2, 0.25) is 5.02 Å². The van der Waals surface area contributed by atoms with Crippen LogP contribution in [0.1, 0.15) is 25.3 Å². The van der Waals surface area contributed by atoms with E-state index in [1.54, 1.807) is 24.3 Å². The van der Waals surface area contributed by atoms with Crippen molar-refractivity contribution < 1.29 is 14.6 Å². The Bertz CT molecular complexity index is 1560. The summed E-state index contributed by atoms with van der Waals surface area (Å²) >= 11 is 12.8. The Labute approximate surface area is 229 Å². The molecular weight excluding hydrogens is 527 g/mol. The fourth-order valence-corrected chi connectivity index (χ4v) is 4.86. The molecule has 1 aliphatic carbocycles. The fourth-order valence-electron chi connectivity index (χ4n) is 4.46. The van der Waals surface area contributed by atoms with Crippen molar-refractivity contribution in [2.75, 3.05) is 12.3 Å². The number of nitrogens with zero attached hydrogens (tertiary/aromatic N) is 4. The van der Waals surface area contributed by atoms with E-state index in [1.807, 2.05) is 36.1 Å². The van der Waals surface area contributed by atoms with Gasteiger partial charge in [-0.05, 0) is 36.8 Å². The number of halogens is 2. The number of carbonyl (C=O) groups is 1. The van der Waals surface area contributed by atoms with E-state index < -0.39 is 12.3 Å². The number of rotatable bonds is 5. The van der Waals surface area contributed by atoms with E-state index in [0.29, 0.717) is 51.7 Å². The molecule has 2 aliphatic rings. The van der Waals surface area contributed by atoms with Gasteiger partial charge in [0, 0.05) is 36.2 Å². The Kier molecular flexibility index (Phi) is 7.97. The van der Waals surface area contributed by atoms with Gasteiger partial charge in [0.05, 0.1) is 21.0 Å². The number of benzene rings is 1. The minimum atomic E-state index is -0.793. The molecule has 0 spiro atoms. The number of ether oxygens (including phenoxy) is 1. The number of nitriles is 1. The summed E-state index contributed by atoms with van der Waals surface area (Å²) in [5.74, 6) is 0.651. The van der Waals surface area contributed by atoms with Gasteiger partial charge in [-0.1, -0.05) is 54.1 Å². The molecule has 1 fully saturated rings. The average Bonchev–Trinajstić information content (AvgIpc) is 3.33. The van der Waals surface area contributed by atoms with Crippen LogP contribution in [0, 0.1) is 17.2 Å². The lowest BCUT2D eigenvalue weighted by molar-refractivity contribution is 0.0665. The number of hydrogen-bond donors (Lipinski definition) is 3. The second-order valence-corrected chi connectivity index (χ2v) is 9.63. The van der Waals surface area contributed by atoms with Gasteiger partial charge in [0.15, 0.2) is 11.6 Å². The smallest absolute Gasteiger partial charge is 0.340 e. The Hall–Kier alpha value is -3.97. The van der Waals surface area contributed by atoms with E-state index in [2.05, 4.69) is 17.7 Å². The summed E-state index contributed by atoms with van der Waals surface area (Å²) in [4.78, 5) is 13.4. The van der Waals surface area contributed by atoms with Crippen LogP contribution in [0.3, 0.4) is 0 Å². The molecule has 9 nitrogen and oxygen atoms in total. The van der Waals surface area contributed by atoms with Crippen molar-refractivity contribution in [3.63, 3.8) is 0 Å². The first-order valence-electron chi connectivity index (χ1n) is 11.7. The number of carbonyl (C=O) groups excluding carboxylic acids is 1. The van der Waals surface area contributed by atoms with Gasteiger partial charge in [-0.15, -0.1) is 5.10 Å². The van der Waals surface area contributed by atoms with Crippen LogP contribution in [0.4, 0.5) is 10.6 Å². The molecule has 2 unspecified atom stereocenters. The highest BCUT2D eigenvalue weighted by Crippen LogP contribution is 2.36. The Morgan fingerprint density at radius 2 is 2.16 bits per heavy atom. The highest BCUT2D eigenvalue weighted by Gasteiger charge is 2.33. The molecule has 1 amide bonds. The lowest BCUT2D eigenvalue weighted by Crippen LogP contribution is -2.37. The van der Waals surface area contributed by atoms with E-state index in [4.69, 9.17) is 39.4 Å². The van der Waals surface area contributed by atoms with E-state index in [9.17, 15) is 15.2 Å². The summed E-state index contributed by atoms with van der Waals surface area (Å²) in [5.41, 5.74) is 13.2. The minimum absolute atomic E-state index is 0.0719. The van der Waals surface area contributed by atoms with E-state index in [-0.39, 0.29) is 22.8 Å². The van der Waals surface area contributed by atoms with Crippen LogP contribution in [0.25, 0.3) is 12.7 Å². The number of nitrogen functional groups attached to an aromatic ring is 1. The Balaban J connectivity index is 1.63. The fraction of sp³-hybridized carbons (Fsp3) is 0.222. The summed E-state index contributed by atoms with van der Waals surface area (Å²) in [7, 11) is 0. The molecule has 5 N–H and O–H groups in total. The molecule has 0 bridgehead atoms. The lowest BCUT2D eigenvalue weighted by atomic mass is 9.97. The van der Waals surface area contributed by atoms with Crippen molar-refractivity contribution in [2.24, 2.45) is 11.7 Å². The molecule has 38 heavy (non-hydrogen) atoms. The zero-order valence-corrected chi connectivity index (χ0v) is 22.1. The average molecular weight is 553 g/mol.